The van der Waals surface area contributed by atoms with Crippen LogP contribution in [0.15, 0.2) is 48.5 Å². The number of alkyl halides is 3. The number of rotatable bonds is 8. The van der Waals surface area contributed by atoms with Crippen molar-refractivity contribution in [3.05, 3.63) is 70.4 Å². The lowest BCUT2D eigenvalue weighted by Crippen LogP contribution is -2.40. The first-order valence-electron chi connectivity index (χ1n) is 11.9. The highest BCUT2D eigenvalue weighted by molar-refractivity contribution is 7.71. The summed E-state index contributed by atoms with van der Waals surface area (Å²) in [6, 6.07) is 12.8. The Labute approximate surface area is 228 Å². The van der Waals surface area contributed by atoms with E-state index in [0.717, 1.165) is 6.07 Å². The van der Waals surface area contributed by atoms with Crippen molar-refractivity contribution in [2.45, 2.75) is 26.1 Å². The molecule has 9 nitrogen and oxygen atoms in total. The van der Waals surface area contributed by atoms with Crippen LogP contribution in [0.5, 0.6) is 0 Å². The number of hydrogen-bond donors (Lipinski definition) is 2. The third kappa shape index (κ3) is 6.28. The summed E-state index contributed by atoms with van der Waals surface area (Å²) in [5.74, 6) is -0.551. The molecule has 1 aliphatic heterocycles. The maximum absolute atomic E-state index is 15.0. The van der Waals surface area contributed by atoms with Crippen molar-refractivity contribution in [3.8, 4) is 6.07 Å². The number of hydrogen-bond acceptors (Lipinski definition) is 5. The minimum absolute atomic E-state index is 0.0227. The van der Waals surface area contributed by atoms with Crippen molar-refractivity contribution in [2.24, 2.45) is 0 Å². The number of morpholine rings is 1. The Balaban J connectivity index is 1.87. The van der Waals surface area contributed by atoms with Crippen molar-refractivity contribution in [2.75, 3.05) is 36.7 Å². The van der Waals surface area contributed by atoms with Gasteiger partial charge in [0.05, 0.1) is 49.2 Å². The molecule has 0 aliphatic carbocycles. The van der Waals surface area contributed by atoms with E-state index in [-0.39, 0.29) is 67.3 Å². The molecule has 1 amide bonds. The molecule has 3 aromatic rings. The van der Waals surface area contributed by atoms with E-state index in [1.807, 2.05) is 6.07 Å². The first kappa shape index (κ1) is 28.6. The van der Waals surface area contributed by atoms with Crippen LogP contribution in [0.25, 0.3) is 0 Å². The number of para-hydroxylation sites is 1. The molecule has 2 aromatic carbocycles. The van der Waals surface area contributed by atoms with Gasteiger partial charge in [0.25, 0.3) is 13.4 Å². The van der Waals surface area contributed by atoms with E-state index in [9.17, 15) is 18.0 Å². The molecule has 0 radical (unpaired) electrons. The monoisotopic (exact) mass is 580 g/mol. The Morgan fingerprint density at radius 3 is 2.49 bits per heavy atom. The molecule has 1 atom stereocenters. The standard InChI is InChI=1S/C25H25ClF3N6O3P/c1-17-22(23(35(32-17)12-4-11-30)31-24(36)18-7-9-19(26)10-8-18)39(37,34-13-15-38-16-14-34)33-21-6-3-2-5-20(21)25(27,28)29/h2-3,5-10H,4,12-16H2,1H3,(H,31,36)(H,33,37). The highest BCUT2D eigenvalue weighted by Crippen LogP contribution is 2.53. The van der Waals surface area contributed by atoms with E-state index in [1.54, 1.807) is 6.92 Å². The van der Waals surface area contributed by atoms with Gasteiger partial charge in [0.1, 0.15) is 11.1 Å². The van der Waals surface area contributed by atoms with Gasteiger partial charge in [-0.1, -0.05) is 23.7 Å². The fourth-order valence-corrected chi connectivity index (χ4v) is 7.10. The molecule has 0 bridgehead atoms. The molecular weight excluding hydrogens is 556 g/mol. The summed E-state index contributed by atoms with van der Waals surface area (Å²) < 4.78 is 64.9. The van der Waals surface area contributed by atoms with Crippen LogP contribution in [-0.4, -0.2) is 46.7 Å². The summed E-state index contributed by atoms with van der Waals surface area (Å²) in [6.07, 6.45) is -4.69. The minimum atomic E-state index is -4.71. The van der Waals surface area contributed by atoms with Crippen LogP contribution in [0.1, 0.15) is 28.0 Å². The summed E-state index contributed by atoms with van der Waals surface area (Å²) in [5, 5.41) is 19.5. The van der Waals surface area contributed by atoms with Gasteiger partial charge >= 0.3 is 6.18 Å². The van der Waals surface area contributed by atoms with Gasteiger partial charge < -0.3 is 15.1 Å². The third-order valence-electron chi connectivity index (χ3n) is 6.06. The number of carbonyl (C=O) groups excluding carboxylic acids is 1. The summed E-state index contributed by atoms with van der Waals surface area (Å²) in [7, 11) is -4.11. The molecule has 1 saturated heterocycles. The van der Waals surface area contributed by atoms with E-state index in [2.05, 4.69) is 15.5 Å². The lowest BCUT2D eigenvalue weighted by atomic mass is 10.2. The Hall–Kier alpha value is -3.36. The zero-order chi connectivity index (χ0) is 28.2. The number of amides is 1. The van der Waals surface area contributed by atoms with Crippen LogP contribution in [0, 0.1) is 18.3 Å². The number of halogens is 4. The smallest absolute Gasteiger partial charge is 0.379 e. The average Bonchev–Trinajstić information content (AvgIpc) is 3.22. The third-order valence-corrected chi connectivity index (χ3v) is 9.20. The van der Waals surface area contributed by atoms with Crippen molar-refractivity contribution in [1.82, 2.24) is 14.5 Å². The van der Waals surface area contributed by atoms with Gasteiger partial charge in [-0.3, -0.25) is 9.36 Å². The largest absolute Gasteiger partial charge is 0.418 e. The molecule has 2 N–H and O–H groups in total. The highest BCUT2D eigenvalue weighted by Gasteiger charge is 2.42. The lowest BCUT2D eigenvalue weighted by Gasteiger charge is -2.36. The summed E-state index contributed by atoms with van der Waals surface area (Å²) >= 11 is 5.94. The molecule has 1 unspecified atom stereocenters. The van der Waals surface area contributed by atoms with Crippen LogP contribution in [0.3, 0.4) is 0 Å². The molecule has 4 rings (SSSR count). The molecule has 1 fully saturated rings. The number of ether oxygens (including phenoxy) is 1. The van der Waals surface area contributed by atoms with Crippen molar-refractivity contribution in [1.29, 1.82) is 5.26 Å². The number of aromatic nitrogens is 2. The maximum Gasteiger partial charge on any atom is 0.418 e. The van der Waals surface area contributed by atoms with E-state index in [1.165, 1.54) is 51.8 Å². The average molecular weight is 581 g/mol. The normalized spacial score (nSPS) is 15.8. The molecule has 1 aromatic heterocycles. The number of nitrogens with zero attached hydrogens (tertiary/aromatic N) is 4. The number of anilines is 2. The SMILES string of the molecule is Cc1nn(CCC#N)c(NC(=O)c2ccc(Cl)cc2)c1P(=O)(Nc1ccccc1C(F)(F)F)N1CCOCC1. The summed E-state index contributed by atoms with van der Waals surface area (Å²) in [5.41, 5.74) is -0.891. The van der Waals surface area contributed by atoms with Gasteiger partial charge in [0.2, 0.25) is 0 Å². The maximum atomic E-state index is 15.0. The molecular formula is C25H25ClF3N6O3P. The van der Waals surface area contributed by atoms with Crippen LogP contribution < -0.4 is 15.7 Å². The second kappa shape index (κ2) is 11.8. The predicted molar refractivity (Wildman–Crippen MR) is 141 cm³/mol. The van der Waals surface area contributed by atoms with Crippen molar-refractivity contribution >= 4 is 41.8 Å². The van der Waals surface area contributed by atoms with Gasteiger partial charge in [0.15, 0.2) is 0 Å². The lowest BCUT2D eigenvalue weighted by molar-refractivity contribution is -0.136. The molecule has 206 valence electrons. The molecule has 39 heavy (non-hydrogen) atoms. The predicted octanol–water partition coefficient (Wildman–Crippen LogP) is 5.29. The highest BCUT2D eigenvalue weighted by atomic mass is 35.5. The second-order valence-corrected chi connectivity index (χ2v) is 11.5. The van der Waals surface area contributed by atoms with E-state index in [0.29, 0.717) is 5.02 Å². The Morgan fingerprint density at radius 2 is 1.85 bits per heavy atom. The first-order valence-corrected chi connectivity index (χ1v) is 14.0. The molecule has 0 spiro atoms. The van der Waals surface area contributed by atoms with Gasteiger partial charge in [-0.15, -0.1) is 0 Å². The Morgan fingerprint density at radius 1 is 1.18 bits per heavy atom. The van der Waals surface area contributed by atoms with Crippen LogP contribution in [0.4, 0.5) is 24.7 Å². The fraction of sp³-hybridized carbons (Fsp3) is 0.320. The van der Waals surface area contributed by atoms with Crippen molar-refractivity contribution in [3.63, 3.8) is 0 Å². The number of nitriles is 1. The van der Waals surface area contributed by atoms with Gasteiger partial charge in [-0.05, 0) is 43.3 Å². The fourth-order valence-electron chi connectivity index (χ4n) is 4.25. The second-order valence-electron chi connectivity index (χ2n) is 8.67. The summed E-state index contributed by atoms with van der Waals surface area (Å²) in [6.45, 7) is 2.34. The topological polar surface area (TPSA) is 112 Å². The Bertz CT molecular complexity index is 1430. The first-order chi connectivity index (χ1) is 18.5. The molecule has 14 heteroatoms. The minimum Gasteiger partial charge on any atom is -0.379 e. The van der Waals surface area contributed by atoms with Gasteiger partial charge in [-0.2, -0.15) is 23.5 Å². The van der Waals surface area contributed by atoms with Crippen LogP contribution in [0.2, 0.25) is 5.02 Å². The zero-order valence-electron chi connectivity index (χ0n) is 20.8. The number of aryl methyl sites for hydroxylation is 2. The Kier molecular flexibility index (Phi) is 8.67. The van der Waals surface area contributed by atoms with E-state index < -0.39 is 25.1 Å². The quantitative estimate of drug-likeness (QED) is 0.348. The van der Waals surface area contributed by atoms with Crippen LogP contribution >= 0.6 is 19.0 Å². The number of benzene rings is 2. The molecule has 2 heterocycles. The zero-order valence-corrected chi connectivity index (χ0v) is 22.5. The van der Waals surface area contributed by atoms with Crippen LogP contribution in [-0.2, 0) is 22.0 Å². The van der Waals surface area contributed by atoms with Gasteiger partial charge in [0, 0.05) is 23.7 Å². The summed E-state index contributed by atoms with van der Waals surface area (Å²) in [4.78, 5) is 13.2. The van der Waals surface area contributed by atoms with Gasteiger partial charge in [-0.25, -0.2) is 9.35 Å². The number of nitrogens with one attached hydrogen (secondary N) is 2. The van der Waals surface area contributed by atoms with E-state index in [4.69, 9.17) is 21.6 Å². The molecule has 1 aliphatic rings. The van der Waals surface area contributed by atoms with E-state index >= 15 is 4.57 Å². The van der Waals surface area contributed by atoms with Crippen molar-refractivity contribution < 1.29 is 27.3 Å². The molecule has 0 saturated carbocycles. The number of carbonyl (C=O) groups is 1.